The second-order valence-electron chi connectivity index (χ2n) is 8.55. The topological polar surface area (TPSA) is 108 Å². The van der Waals surface area contributed by atoms with Crippen molar-refractivity contribution in [2.24, 2.45) is 0 Å². The highest BCUT2D eigenvalue weighted by atomic mass is 16.6. The lowest BCUT2D eigenvalue weighted by Gasteiger charge is -2.22. The summed E-state index contributed by atoms with van der Waals surface area (Å²) in [4.78, 5) is 40.7. The molecule has 2 N–H and O–H groups in total. The second-order valence-corrected chi connectivity index (χ2v) is 8.55. The molecule has 0 atom stereocenters. The minimum Gasteiger partial charge on any atom is -0.371 e. The molecule has 0 aliphatic carbocycles. The highest BCUT2D eigenvalue weighted by molar-refractivity contribution is 6.06. The fraction of sp³-hybridized carbons (Fsp3) is 0.417. The zero-order valence-electron chi connectivity index (χ0n) is 19.4. The number of benzene rings is 2. The monoisotopic (exact) mass is 453 g/mol. The van der Waals surface area contributed by atoms with Crippen LogP contribution in [0.1, 0.15) is 45.5 Å². The number of nitro groups is 1. The minimum atomic E-state index is -0.504. The highest BCUT2D eigenvalue weighted by Crippen LogP contribution is 2.28. The number of carbonyl (C=O) groups is 2. The van der Waals surface area contributed by atoms with E-state index in [-0.39, 0.29) is 17.2 Å². The average Bonchev–Trinajstić information content (AvgIpc) is 3.31. The molecule has 1 aliphatic heterocycles. The van der Waals surface area contributed by atoms with E-state index in [1.165, 1.54) is 6.07 Å². The first-order valence-electron chi connectivity index (χ1n) is 11.1. The number of aryl methyl sites for hydroxylation is 1. The molecule has 0 saturated carbocycles. The van der Waals surface area contributed by atoms with Gasteiger partial charge in [0.05, 0.1) is 10.5 Å². The van der Waals surface area contributed by atoms with E-state index < -0.39 is 10.8 Å². The van der Waals surface area contributed by atoms with Crippen molar-refractivity contribution in [3.05, 3.63) is 63.2 Å². The molecule has 2 amide bonds. The first-order valence-corrected chi connectivity index (χ1v) is 11.1. The lowest BCUT2D eigenvalue weighted by molar-refractivity contribution is -0.385. The minimum absolute atomic E-state index is 0.107. The van der Waals surface area contributed by atoms with Gasteiger partial charge in [-0.15, -0.1) is 0 Å². The van der Waals surface area contributed by atoms with Gasteiger partial charge in [-0.3, -0.25) is 19.7 Å². The van der Waals surface area contributed by atoms with E-state index in [1.807, 2.05) is 20.2 Å². The van der Waals surface area contributed by atoms with Gasteiger partial charge in [0.25, 0.3) is 17.5 Å². The van der Waals surface area contributed by atoms with Crippen LogP contribution in [-0.4, -0.2) is 61.9 Å². The van der Waals surface area contributed by atoms with Gasteiger partial charge in [0.2, 0.25) is 0 Å². The number of amides is 2. The molecule has 9 nitrogen and oxygen atoms in total. The van der Waals surface area contributed by atoms with Crippen molar-refractivity contribution in [2.45, 2.75) is 26.2 Å². The van der Waals surface area contributed by atoms with Crippen molar-refractivity contribution in [3.63, 3.8) is 0 Å². The van der Waals surface area contributed by atoms with Crippen molar-refractivity contribution in [2.75, 3.05) is 50.5 Å². The lowest BCUT2D eigenvalue weighted by Crippen LogP contribution is -2.29. The van der Waals surface area contributed by atoms with Crippen LogP contribution < -0.4 is 15.5 Å². The van der Waals surface area contributed by atoms with Crippen LogP contribution in [0.3, 0.4) is 0 Å². The fourth-order valence-corrected chi connectivity index (χ4v) is 3.87. The van der Waals surface area contributed by atoms with Crippen LogP contribution in [0.25, 0.3) is 0 Å². The first-order chi connectivity index (χ1) is 15.8. The van der Waals surface area contributed by atoms with Crippen molar-refractivity contribution in [1.82, 2.24) is 10.2 Å². The first kappa shape index (κ1) is 24.2. The summed E-state index contributed by atoms with van der Waals surface area (Å²) in [5.74, 6) is -0.651. The SMILES string of the molecule is Cc1ccc(C(=O)Nc2ccc(N3CCCC3)c(C(=O)NCCCN(C)C)c2)cc1[N+](=O)[O-]. The molecule has 1 saturated heterocycles. The van der Waals surface area contributed by atoms with Gasteiger partial charge in [-0.2, -0.15) is 0 Å². The van der Waals surface area contributed by atoms with E-state index in [1.54, 1.807) is 31.2 Å². The number of hydrogen-bond donors (Lipinski definition) is 2. The molecule has 0 unspecified atom stereocenters. The second kappa shape index (κ2) is 10.9. The molecule has 0 radical (unpaired) electrons. The number of hydrogen-bond acceptors (Lipinski definition) is 6. The van der Waals surface area contributed by atoms with Crippen LogP contribution in [0.4, 0.5) is 17.1 Å². The van der Waals surface area contributed by atoms with Crippen LogP contribution in [0.2, 0.25) is 0 Å². The maximum Gasteiger partial charge on any atom is 0.273 e. The van der Waals surface area contributed by atoms with E-state index in [4.69, 9.17) is 0 Å². The summed E-state index contributed by atoms with van der Waals surface area (Å²) in [6, 6.07) is 9.66. The molecule has 2 aromatic carbocycles. The van der Waals surface area contributed by atoms with Crippen molar-refractivity contribution in [1.29, 1.82) is 0 Å². The van der Waals surface area contributed by atoms with Gasteiger partial charge in [0.15, 0.2) is 0 Å². The van der Waals surface area contributed by atoms with E-state index in [9.17, 15) is 19.7 Å². The Bertz CT molecular complexity index is 1030. The zero-order chi connectivity index (χ0) is 24.0. The third-order valence-electron chi connectivity index (χ3n) is 5.68. The molecule has 2 aromatic rings. The van der Waals surface area contributed by atoms with E-state index in [2.05, 4.69) is 20.4 Å². The predicted octanol–water partition coefficient (Wildman–Crippen LogP) is 3.44. The van der Waals surface area contributed by atoms with Crippen LogP contribution in [0.15, 0.2) is 36.4 Å². The van der Waals surface area contributed by atoms with Crippen molar-refractivity contribution in [3.8, 4) is 0 Å². The van der Waals surface area contributed by atoms with Gasteiger partial charge in [0, 0.05) is 48.2 Å². The maximum atomic E-state index is 13.0. The summed E-state index contributed by atoms with van der Waals surface area (Å²) in [5.41, 5.74) is 2.39. The predicted molar refractivity (Wildman–Crippen MR) is 129 cm³/mol. The van der Waals surface area contributed by atoms with Gasteiger partial charge in [-0.25, -0.2) is 0 Å². The Morgan fingerprint density at radius 2 is 1.82 bits per heavy atom. The molecule has 9 heteroatoms. The Kier molecular flexibility index (Phi) is 8.00. The number of carbonyl (C=O) groups excluding carboxylic acids is 2. The molecular formula is C24H31N5O4. The molecular weight excluding hydrogens is 422 g/mol. The number of nitrogens with zero attached hydrogens (tertiary/aromatic N) is 3. The van der Waals surface area contributed by atoms with Gasteiger partial charge >= 0.3 is 0 Å². The van der Waals surface area contributed by atoms with Crippen LogP contribution in [-0.2, 0) is 0 Å². The molecule has 0 bridgehead atoms. The smallest absolute Gasteiger partial charge is 0.273 e. The summed E-state index contributed by atoms with van der Waals surface area (Å²) in [5, 5.41) is 17.0. The Morgan fingerprint density at radius 3 is 2.48 bits per heavy atom. The molecule has 3 rings (SSSR count). The van der Waals surface area contributed by atoms with Gasteiger partial charge in [0.1, 0.15) is 0 Å². The summed E-state index contributed by atoms with van der Waals surface area (Å²) in [6.07, 6.45) is 2.99. The summed E-state index contributed by atoms with van der Waals surface area (Å²) in [7, 11) is 3.98. The van der Waals surface area contributed by atoms with Crippen molar-refractivity contribution < 1.29 is 14.5 Å². The third-order valence-corrected chi connectivity index (χ3v) is 5.68. The molecule has 0 spiro atoms. The summed E-state index contributed by atoms with van der Waals surface area (Å²) in [6.45, 7) is 4.83. The molecule has 33 heavy (non-hydrogen) atoms. The maximum absolute atomic E-state index is 13.0. The zero-order valence-corrected chi connectivity index (χ0v) is 19.4. The Balaban J connectivity index is 1.80. The quantitative estimate of drug-likeness (QED) is 0.342. The normalized spacial score (nSPS) is 13.3. The fourth-order valence-electron chi connectivity index (χ4n) is 3.87. The third kappa shape index (κ3) is 6.29. The number of anilines is 2. The molecule has 1 fully saturated rings. The average molecular weight is 454 g/mol. The van der Waals surface area contributed by atoms with Crippen LogP contribution >= 0.6 is 0 Å². The summed E-state index contributed by atoms with van der Waals surface area (Å²) < 4.78 is 0. The standard InChI is InChI=1S/C24H31N5O4/c1-17-7-8-18(15-22(17)29(32)33)23(30)26-19-9-10-21(28-13-4-5-14-28)20(16-19)24(31)25-11-6-12-27(2)3/h7-10,15-16H,4-6,11-14H2,1-3H3,(H,25,31)(H,26,30). The van der Waals surface area contributed by atoms with Crippen LogP contribution in [0.5, 0.6) is 0 Å². The number of rotatable bonds is 9. The largest absolute Gasteiger partial charge is 0.371 e. The van der Waals surface area contributed by atoms with Gasteiger partial charge in [-0.1, -0.05) is 6.07 Å². The van der Waals surface area contributed by atoms with Gasteiger partial charge in [-0.05, 0) is 71.1 Å². The van der Waals surface area contributed by atoms with E-state index in [0.29, 0.717) is 23.4 Å². The lowest BCUT2D eigenvalue weighted by atomic mass is 10.1. The highest BCUT2D eigenvalue weighted by Gasteiger charge is 2.21. The molecule has 176 valence electrons. The molecule has 1 heterocycles. The van der Waals surface area contributed by atoms with E-state index >= 15 is 0 Å². The van der Waals surface area contributed by atoms with Crippen LogP contribution in [0, 0.1) is 17.0 Å². The Hall–Kier alpha value is -3.46. The Labute approximate surface area is 193 Å². The Morgan fingerprint density at radius 1 is 1.09 bits per heavy atom. The number of nitrogens with one attached hydrogen (secondary N) is 2. The number of nitro benzene ring substituents is 1. The van der Waals surface area contributed by atoms with E-state index in [0.717, 1.165) is 44.6 Å². The van der Waals surface area contributed by atoms with Gasteiger partial charge < -0.3 is 20.4 Å². The summed E-state index contributed by atoms with van der Waals surface area (Å²) >= 11 is 0. The molecule has 0 aromatic heterocycles. The van der Waals surface area contributed by atoms with Crippen molar-refractivity contribution >= 4 is 28.9 Å². The molecule has 1 aliphatic rings.